The van der Waals surface area contributed by atoms with Crippen LogP contribution in [0.5, 0.6) is 0 Å². The fraction of sp³-hybridized carbons (Fsp3) is 0.609. The minimum Gasteiger partial charge on any atom is -0.342 e. The molecule has 1 heterocycles. The Hall–Kier alpha value is -2.37. The Morgan fingerprint density at radius 3 is 2.14 bits per heavy atom. The van der Waals surface area contributed by atoms with E-state index < -0.39 is 0 Å². The largest absolute Gasteiger partial charge is 0.342 e. The number of piperazine rings is 1. The van der Waals surface area contributed by atoms with Crippen molar-refractivity contribution in [2.75, 3.05) is 26.2 Å². The van der Waals surface area contributed by atoms with E-state index in [1.807, 2.05) is 28.0 Å². The zero-order chi connectivity index (χ0) is 20.8. The van der Waals surface area contributed by atoms with Gasteiger partial charge in [-0.3, -0.25) is 14.4 Å². The quantitative estimate of drug-likeness (QED) is 0.691. The summed E-state index contributed by atoms with van der Waals surface area (Å²) < 4.78 is 0. The van der Waals surface area contributed by atoms with Gasteiger partial charge in [0, 0.05) is 50.6 Å². The van der Waals surface area contributed by atoms with Gasteiger partial charge in [0.25, 0.3) is 0 Å². The molecular weight excluding hydrogens is 366 g/mol. The molecule has 6 heteroatoms. The van der Waals surface area contributed by atoms with Crippen LogP contribution in [-0.4, -0.2) is 65.1 Å². The summed E-state index contributed by atoms with van der Waals surface area (Å²) in [6, 6.07) is 10.3. The SMILES string of the molecule is CC(C)N(Cc1ccccc1)C(=O)C1CCC(C(=O)N2CCN(C=O)CC2)CC1. The van der Waals surface area contributed by atoms with Gasteiger partial charge in [0.2, 0.25) is 18.2 Å². The van der Waals surface area contributed by atoms with Gasteiger partial charge in [-0.2, -0.15) is 0 Å². The molecule has 0 radical (unpaired) electrons. The third kappa shape index (κ3) is 5.37. The Labute approximate surface area is 173 Å². The van der Waals surface area contributed by atoms with Crippen LogP contribution in [-0.2, 0) is 20.9 Å². The zero-order valence-electron chi connectivity index (χ0n) is 17.6. The molecule has 1 aromatic carbocycles. The van der Waals surface area contributed by atoms with Crippen molar-refractivity contribution in [2.24, 2.45) is 11.8 Å². The molecule has 158 valence electrons. The molecule has 29 heavy (non-hydrogen) atoms. The van der Waals surface area contributed by atoms with E-state index in [9.17, 15) is 14.4 Å². The molecule has 3 rings (SSSR count). The van der Waals surface area contributed by atoms with Crippen molar-refractivity contribution in [3.8, 4) is 0 Å². The summed E-state index contributed by atoms with van der Waals surface area (Å²) >= 11 is 0. The lowest BCUT2D eigenvalue weighted by Gasteiger charge is -2.37. The summed E-state index contributed by atoms with van der Waals surface area (Å²) in [5.41, 5.74) is 1.15. The minimum atomic E-state index is 0.0112. The molecule has 0 atom stereocenters. The van der Waals surface area contributed by atoms with Crippen LogP contribution in [0.15, 0.2) is 30.3 Å². The highest BCUT2D eigenvalue weighted by Gasteiger charge is 2.35. The summed E-state index contributed by atoms with van der Waals surface area (Å²) in [7, 11) is 0. The van der Waals surface area contributed by atoms with Crippen LogP contribution in [0.3, 0.4) is 0 Å². The molecule has 0 N–H and O–H groups in total. The van der Waals surface area contributed by atoms with Crippen LogP contribution in [0.1, 0.15) is 45.1 Å². The second-order valence-electron chi connectivity index (χ2n) is 8.56. The number of amides is 3. The lowest BCUT2D eigenvalue weighted by atomic mass is 9.80. The third-order valence-corrected chi connectivity index (χ3v) is 6.30. The van der Waals surface area contributed by atoms with Crippen molar-refractivity contribution >= 4 is 18.2 Å². The fourth-order valence-electron chi connectivity index (χ4n) is 4.42. The van der Waals surface area contributed by atoms with Crippen molar-refractivity contribution in [3.05, 3.63) is 35.9 Å². The highest BCUT2D eigenvalue weighted by atomic mass is 16.2. The second-order valence-corrected chi connectivity index (χ2v) is 8.56. The van der Waals surface area contributed by atoms with Crippen molar-refractivity contribution < 1.29 is 14.4 Å². The minimum absolute atomic E-state index is 0.0112. The molecule has 0 unspecified atom stereocenters. The van der Waals surface area contributed by atoms with Crippen LogP contribution in [0, 0.1) is 11.8 Å². The first-order valence-electron chi connectivity index (χ1n) is 10.8. The molecule has 2 fully saturated rings. The normalized spacial score (nSPS) is 22.4. The molecule has 6 nitrogen and oxygen atoms in total. The van der Waals surface area contributed by atoms with E-state index in [2.05, 4.69) is 26.0 Å². The van der Waals surface area contributed by atoms with Crippen molar-refractivity contribution in [1.29, 1.82) is 0 Å². The second kappa shape index (κ2) is 9.90. The van der Waals surface area contributed by atoms with Gasteiger partial charge in [-0.25, -0.2) is 0 Å². The zero-order valence-corrected chi connectivity index (χ0v) is 17.6. The van der Waals surface area contributed by atoms with Crippen LogP contribution in [0.2, 0.25) is 0 Å². The average molecular weight is 400 g/mol. The number of benzene rings is 1. The smallest absolute Gasteiger partial charge is 0.226 e. The molecule has 0 spiro atoms. The maximum absolute atomic E-state index is 13.2. The molecule has 1 saturated heterocycles. The number of hydrogen-bond donors (Lipinski definition) is 0. The van der Waals surface area contributed by atoms with E-state index in [-0.39, 0.29) is 29.7 Å². The lowest BCUT2D eigenvalue weighted by Crippen LogP contribution is -2.50. The fourth-order valence-corrected chi connectivity index (χ4v) is 4.42. The van der Waals surface area contributed by atoms with Crippen molar-refractivity contribution in [2.45, 2.75) is 52.1 Å². The van der Waals surface area contributed by atoms with Gasteiger partial charge in [-0.15, -0.1) is 0 Å². The van der Waals surface area contributed by atoms with Crippen LogP contribution >= 0.6 is 0 Å². The summed E-state index contributed by atoms with van der Waals surface area (Å²) in [5, 5.41) is 0. The molecule has 0 aromatic heterocycles. The monoisotopic (exact) mass is 399 g/mol. The van der Waals surface area contributed by atoms with E-state index in [4.69, 9.17) is 0 Å². The average Bonchev–Trinajstić information content (AvgIpc) is 2.77. The maximum atomic E-state index is 13.2. The van der Waals surface area contributed by atoms with E-state index >= 15 is 0 Å². The summed E-state index contributed by atoms with van der Waals surface area (Å²) in [5.74, 6) is 0.446. The molecule has 0 bridgehead atoms. The first-order valence-corrected chi connectivity index (χ1v) is 10.8. The predicted octanol–water partition coefficient (Wildman–Crippen LogP) is 2.53. The number of rotatable bonds is 6. The topological polar surface area (TPSA) is 60.9 Å². The van der Waals surface area contributed by atoms with E-state index in [0.29, 0.717) is 32.7 Å². The predicted molar refractivity (Wildman–Crippen MR) is 112 cm³/mol. The number of hydrogen-bond acceptors (Lipinski definition) is 3. The van der Waals surface area contributed by atoms with Crippen LogP contribution in [0.25, 0.3) is 0 Å². The molecule has 1 saturated carbocycles. The Morgan fingerprint density at radius 1 is 1.00 bits per heavy atom. The standard InChI is InChI=1S/C23H33N3O3/c1-18(2)26(16-19-6-4-3-5-7-19)23(29)21-10-8-20(9-11-21)22(28)25-14-12-24(17-27)13-15-25/h3-7,17-18,20-21H,8-16H2,1-2H3. The van der Waals surface area contributed by atoms with E-state index in [1.54, 1.807) is 4.90 Å². The van der Waals surface area contributed by atoms with Crippen LogP contribution in [0.4, 0.5) is 0 Å². The highest BCUT2D eigenvalue weighted by Crippen LogP contribution is 2.32. The summed E-state index contributed by atoms with van der Waals surface area (Å²) in [6.07, 6.45) is 3.97. The van der Waals surface area contributed by atoms with E-state index in [0.717, 1.165) is 37.7 Å². The van der Waals surface area contributed by atoms with Crippen molar-refractivity contribution in [1.82, 2.24) is 14.7 Å². The Morgan fingerprint density at radius 2 is 1.59 bits per heavy atom. The Balaban J connectivity index is 1.53. The van der Waals surface area contributed by atoms with Gasteiger partial charge in [0.1, 0.15) is 0 Å². The highest BCUT2D eigenvalue weighted by molar-refractivity contribution is 5.81. The molecule has 2 aliphatic rings. The molecule has 1 aliphatic heterocycles. The molecular formula is C23H33N3O3. The summed E-state index contributed by atoms with van der Waals surface area (Å²) in [6.45, 7) is 7.24. The molecule has 1 aromatic rings. The van der Waals surface area contributed by atoms with Gasteiger partial charge < -0.3 is 14.7 Å². The van der Waals surface area contributed by atoms with Gasteiger partial charge in [-0.05, 0) is 45.1 Å². The Bertz CT molecular complexity index is 691. The van der Waals surface area contributed by atoms with Gasteiger partial charge in [0.05, 0.1) is 0 Å². The van der Waals surface area contributed by atoms with Gasteiger partial charge in [0.15, 0.2) is 0 Å². The number of carbonyl (C=O) groups excluding carboxylic acids is 3. The maximum Gasteiger partial charge on any atom is 0.226 e. The third-order valence-electron chi connectivity index (χ3n) is 6.30. The summed E-state index contributed by atoms with van der Waals surface area (Å²) in [4.78, 5) is 42.4. The van der Waals surface area contributed by atoms with Gasteiger partial charge >= 0.3 is 0 Å². The van der Waals surface area contributed by atoms with E-state index in [1.165, 1.54) is 0 Å². The number of carbonyl (C=O) groups is 3. The van der Waals surface area contributed by atoms with Crippen molar-refractivity contribution in [3.63, 3.8) is 0 Å². The molecule has 3 amide bonds. The first-order chi connectivity index (χ1) is 14.0. The first kappa shape index (κ1) is 21.3. The number of nitrogens with zero attached hydrogens (tertiary/aromatic N) is 3. The molecule has 1 aliphatic carbocycles. The van der Waals surface area contributed by atoms with Crippen LogP contribution < -0.4 is 0 Å². The van der Waals surface area contributed by atoms with Gasteiger partial charge in [-0.1, -0.05) is 30.3 Å². The Kier molecular flexibility index (Phi) is 7.29. The lowest BCUT2D eigenvalue weighted by molar-refractivity contribution is -0.144.